The first kappa shape index (κ1) is 18.7. The second-order valence-corrected chi connectivity index (χ2v) is 6.20. The Morgan fingerprint density at radius 2 is 2.17 bits per heavy atom. The van der Waals surface area contributed by atoms with Gasteiger partial charge in [0.15, 0.2) is 5.82 Å². The van der Waals surface area contributed by atoms with E-state index in [0.717, 1.165) is 36.8 Å². The molecule has 1 aromatic heterocycles. The van der Waals surface area contributed by atoms with Crippen molar-refractivity contribution in [1.29, 1.82) is 0 Å². The molecular formula is C17H25ClN4O2. The average molecular weight is 353 g/mol. The fourth-order valence-corrected chi connectivity index (χ4v) is 2.75. The number of likely N-dealkylation sites (N-methyl/N-ethyl adjacent to an activating group) is 1. The molecule has 1 aliphatic rings. The van der Waals surface area contributed by atoms with Crippen LogP contribution in [0.5, 0.6) is 5.75 Å². The van der Waals surface area contributed by atoms with Gasteiger partial charge in [-0.15, -0.1) is 12.4 Å². The number of benzene rings is 1. The lowest BCUT2D eigenvalue weighted by Gasteiger charge is -2.30. The number of hydrogen-bond acceptors (Lipinski definition) is 6. The average Bonchev–Trinajstić information content (AvgIpc) is 2.97. The van der Waals surface area contributed by atoms with Gasteiger partial charge in [-0.1, -0.05) is 23.4 Å². The van der Waals surface area contributed by atoms with Crippen LogP contribution in [0.1, 0.15) is 37.2 Å². The lowest BCUT2D eigenvalue weighted by molar-refractivity contribution is 0.190. The smallest absolute Gasteiger partial charge is 0.231 e. The zero-order chi connectivity index (χ0) is 16.2. The van der Waals surface area contributed by atoms with Crippen LogP contribution in [0.2, 0.25) is 0 Å². The normalized spacial score (nSPS) is 18.4. The van der Waals surface area contributed by atoms with Crippen molar-refractivity contribution in [2.45, 2.75) is 32.4 Å². The molecule has 1 atom stereocenters. The third-order valence-electron chi connectivity index (χ3n) is 3.97. The molecule has 0 amide bonds. The summed E-state index contributed by atoms with van der Waals surface area (Å²) in [5, 5.41) is 7.54. The zero-order valence-corrected chi connectivity index (χ0v) is 15.2. The molecule has 0 radical (unpaired) electrons. The number of para-hydroxylation sites is 1. The lowest BCUT2D eigenvalue weighted by atomic mass is 10.1. The fourth-order valence-electron chi connectivity index (χ4n) is 2.75. The quantitative estimate of drug-likeness (QED) is 0.891. The van der Waals surface area contributed by atoms with Crippen molar-refractivity contribution >= 4 is 12.4 Å². The van der Waals surface area contributed by atoms with Gasteiger partial charge in [0.25, 0.3) is 0 Å². The summed E-state index contributed by atoms with van der Waals surface area (Å²) in [6, 6.07) is 8.16. The molecule has 3 rings (SSSR count). The van der Waals surface area contributed by atoms with E-state index in [4.69, 9.17) is 9.26 Å². The molecule has 1 saturated heterocycles. The Bertz CT molecular complexity index is 647. The van der Waals surface area contributed by atoms with Crippen LogP contribution in [0.25, 0.3) is 0 Å². The summed E-state index contributed by atoms with van der Waals surface area (Å²) in [5.41, 5.74) is 1.06. The van der Waals surface area contributed by atoms with Gasteiger partial charge in [-0.2, -0.15) is 4.98 Å². The number of nitrogens with one attached hydrogen (secondary N) is 1. The second-order valence-electron chi connectivity index (χ2n) is 6.20. The first-order chi connectivity index (χ1) is 11.1. The Morgan fingerprint density at radius 3 is 2.92 bits per heavy atom. The topological polar surface area (TPSA) is 63.4 Å². The maximum atomic E-state index is 5.85. The van der Waals surface area contributed by atoms with Gasteiger partial charge in [-0.3, -0.25) is 4.90 Å². The lowest BCUT2D eigenvalue weighted by Crippen LogP contribution is -2.44. The predicted molar refractivity (Wildman–Crippen MR) is 94.8 cm³/mol. The van der Waals surface area contributed by atoms with Gasteiger partial charge in [0.2, 0.25) is 5.89 Å². The highest BCUT2D eigenvalue weighted by molar-refractivity contribution is 5.85. The van der Waals surface area contributed by atoms with E-state index >= 15 is 0 Å². The number of piperazine rings is 1. The molecule has 132 valence electrons. The van der Waals surface area contributed by atoms with E-state index in [1.165, 1.54) is 0 Å². The Kier molecular flexibility index (Phi) is 6.60. The second kappa shape index (κ2) is 8.46. The van der Waals surface area contributed by atoms with E-state index in [1.807, 2.05) is 38.1 Å². The maximum Gasteiger partial charge on any atom is 0.231 e. The van der Waals surface area contributed by atoms with Crippen molar-refractivity contribution in [2.24, 2.45) is 0 Å². The number of rotatable bonds is 5. The monoisotopic (exact) mass is 352 g/mol. The van der Waals surface area contributed by atoms with Crippen molar-refractivity contribution in [1.82, 2.24) is 20.4 Å². The zero-order valence-electron chi connectivity index (χ0n) is 14.4. The molecule has 6 nitrogen and oxygen atoms in total. The molecule has 1 aromatic carbocycles. The van der Waals surface area contributed by atoms with E-state index in [9.17, 15) is 0 Å². The molecule has 0 bridgehead atoms. The van der Waals surface area contributed by atoms with Gasteiger partial charge >= 0.3 is 0 Å². The summed E-state index contributed by atoms with van der Waals surface area (Å²) >= 11 is 0. The highest BCUT2D eigenvalue weighted by atomic mass is 35.5. The Balaban J connectivity index is 0.00000208. The molecule has 7 heteroatoms. The van der Waals surface area contributed by atoms with Crippen molar-refractivity contribution in [3.8, 4) is 5.75 Å². The van der Waals surface area contributed by atoms with Gasteiger partial charge in [-0.25, -0.2) is 0 Å². The largest absolute Gasteiger partial charge is 0.491 e. The minimum absolute atomic E-state index is 0. The van der Waals surface area contributed by atoms with Crippen molar-refractivity contribution < 1.29 is 9.26 Å². The number of halogens is 1. The van der Waals surface area contributed by atoms with E-state index < -0.39 is 0 Å². The highest BCUT2D eigenvalue weighted by Gasteiger charge is 2.25. The van der Waals surface area contributed by atoms with E-state index in [0.29, 0.717) is 12.3 Å². The van der Waals surface area contributed by atoms with Gasteiger partial charge in [0, 0.05) is 25.2 Å². The summed E-state index contributed by atoms with van der Waals surface area (Å²) < 4.78 is 11.3. The minimum Gasteiger partial charge on any atom is -0.491 e. The van der Waals surface area contributed by atoms with Crippen molar-refractivity contribution in [2.75, 3.05) is 26.7 Å². The SMILES string of the molecule is CC(C)Oc1ccccc1Cc1nc(C2CNCCN2C)no1.Cl. The van der Waals surface area contributed by atoms with Crippen LogP contribution in [-0.4, -0.2) is 47.8 Å². The van der Waals surface area contributed by atoms with Gasteiger partial charge in [-0.05, 0) is 27.0 Å². The van der Waals surface area contributed by atoms with Crippen LogP contribution in [-0.2, 0) is 6.42 Å². The standard InChI is InChI=1S/C17H24N4O2.ClH/c1-12(2)22-15-7-5-4-6-13(15)10-16-19-17(20-23-16)14-11-18-8-9-21(14)3;/h4-7,12,14,18H,8-11H2,1-3H3;1H. The van der Waals surface area contributed by atoms with Crippen molar-refractivity contribution in [3.63, 3.8) is 0 Å². The van der Waals surface area contributed by atoms with Gasteiger partial charge in [0.05, 0.1) is 18.6 Å². The van der Waals surface area contributed by atoms with E-state index in [1.54, 1.807) is 0 Å². The number of hydrogen-bond donors (Lipinski definition) is 1. The summed E-state index contributed by atoms with van der Waals surface area (Å²) in [6.45, 7) is 6.88. The van der Waals surface area contributed by atoms with Crippen LogP contribution >= 0.6 is 12.4 Å². The molecule has 1 N–H and O–H groups in total. The predicted octanol–water partition coefficient (Wildman–Crippen LogP) is 2.45. The first-order valence-corrected chi connectivity index (χ1v) is 8.11. The summed E-state index contributed by atoms with van der Waals surface area (Å²) in [7, 11) is 2.09. The highest BCUT2D eigenvalue weighted by Crippen LogP contribution is 2.23. The first-order valence-electron chi connectivity index (χ1n) is 8.11. The number of ether oxygens (including phenoxy) is 1. The van der Waals surface area contributed by atoms with Gasteiger partial charge in [0.1, 0.15) is 5.75 Å². The van der Waals surface area contributed by atoms with Crippen LogP contribution in [0.3, 0.4) is 0 Å². The molecule has 1 fully saturated rings. The summed E-state index contributed by atoms with van der Waals surface area (Å²) in [6.07, 6.45) is 0.719. The van der Waals surface area contributed by atoms with E-state index in [-0.39, 0.29) is 24.6 Å². The minimum atomic E-state index is 0. The Hall–Kier alpha value is -1.63. The molecule has 24 heavy (non-hydrogen) atoms. The van der Waals surface area contributed by atoms with E-state index in [2.05, 4.69) is 27.4 Å². The Labute approximate surface area is 149 Å². The maximum absolute atomic E-state index is 5.85. The van der Waals surface area contributed by atoms with Crippen LogP contribution < -0.4 is 10.1 Å². The van der Waals surface area contributed by atoms with Gasteiger partial charge < -0.3 is 14.6 Å². The van der Waals surface area contributed by atoms with Crippen LogP contribution in [0.4, 0.5) is 0 Å². The van der Waals surface area contributed by atoms with Crippen molar-refractivity contribution in [3.05, 3.63) is 41.5 Å². The molecule has 2 aromatic rings. The summed E-state index contributed by atoms with van der Waals surface area (Å²) in [5.74, 6) is 2.24. The molecular weight excluding hydrogens is 328 g/mol. The molecule has 2 heterocycles. The number of nitrogens with zero attached hydrogens (tertiary/aromatic N) is 3. The molecule has 1 aliphatic heterocycles. The third kappa shape index (κ3) is 4.47. The Morgan fingerprint density at radius 1 is 1.38 bits per heavy atom. The van der Waals surface area contributed by atoms with Crippen LogP contribution in [0.15, 0.2) is 28.8 Å². The molecule has 0 spiro atoms. The third-order valence-corrected chi connectivity index (χ3v) is 3.97. The molecule has 0 saturated carbocycles. The van der Waals surface area contributed by atoms with Crippen LogP contribution in [0, 0.1) is 0 Å². The fraction of sp³-hybridized carbons (Fsp3) is 0.529. The summed E-state index contributed by atoms with van der Waals surface area (Å²) in [4.78, 5) is 6.84. The molecule has 1 unspecified atom stereocenters. The number of aromatic nitrogens is 2. The molecule has 0 aliphatic carbocycles.